The molecule has 7 nitrogen and oxygen atoms in total. The number of hydrogen-bond donors (Lipinski definition) is 3. The smallest absolute Gasteiger partial charge is 0.272 e. The number of nitrogens with two attached hydrogens (primary N) is 2. The van der Waals surface area contributed by atoms with Crippen LogP contribution in [0.3, 0.4) is 0 Å². The average molecular weight is 225 g/mol. The van der Waals surface area contributed by atoms with Crippen LogP contribution in [0, 0.1) is 0 Å². The van der Waals surface area contributed by atoms with E-state index in [2.05, 4.69) is 10.4 Å². The third-order valence-electron chi connectivity index (χ3n) is 2.16. The summed E-state index contributed by atoms with van der Waals surface area (Å²) in [6.45, 7) is 3.86. The Labute approximate surface area is 92.8 Å². The van der Waals surface area contributed by atoms with E-state index in [0.717, 1.165) is 0 Å². The minimum Gasteiger partial charge on any atom is -0.396 e. The van der Waals surface area contributed by atoms with Crippen molar-refractivity contribution in [3.05, 3.63) is 11.9 Å². The molecule has 2 amide bonds. The zero-order valence-corrected chi connectivity index (χ0v) is 9.23. The first-order valence-electron chi connectivity index (χ1n) is 4.88. The van der Waals surface area contributed by atoms with Gasteiger partial charge in [0.05, 0.1) is 11.9 Å². The van der Waals surface area contributed by atoms with Gasteiger partial charge in [-0.15, -0.1) is 0 Å². The van der Waals surface area contributed by atoms with Crippen LogP contribution < -0.4 is 16.8 Å². The molecule has 1 unspecified atom stereocenters. The second-order valence-electron chi connectivity index (χ2n) is 3.36. The Kier molecular flexibility index (Phi) is 3.49. The van der Waals surface area contributed by atoms with E-state index in [-0.39, 0.29) is 11.4 Å². The summed E-state index contributed by atoms with van der Waals surface area (Å²) in [6, 6.07) is -0.743. The summed E-state index contributed by atoms with van der Waals surface area (Å²) in [5.74, 6) is -1.06. The number of nitrogen functional groups attached to an aromatic ring is 1. The number of amides is 2. The number of carbonyl (C=O) groups excluding carboxylic acids is 2. The first-order valence-corrected chi connectivity index (χ1v) is 4.88. The molecule has 1 rings (SSSR count). The lowest BCUT2D eigenvalue weighted by atomic mass is 10.3. The van der Waals surface area contributed by atoms with E-state index in [1.54, 1.807) is 0 Å². The molecule has 0 aliphatic rings. The molecule has 0 aromatic carbocycles. The monoisotopic (exact) mass is 225 g/mol. The summed E-state index contributed by atoms with van der Waals surface area (Å²) in [6.07, 6.45) is 1.40. The molecule has 5 N–H and O–H groups in total. The van der Waals surface area contributed by atoms with Gasteiger partial charge in [-0.1, -0.05) is 0 Å². The summed E-state index contributed by atoms with van der Waals surface area (Å²) in [5, 5.41) is 6.37. The van der Waals surface area contributed by atoms with Crippen LogP contribution in [-0.2, 0) is 11.3 Å². The van der Waals surface area contributed by atoms with Crippen molar-refractivity contribution in [1.29, 1.82) is 0 Å². The standard InChI is InChI=1S/C9H15N5O2/c1-3-14-7(6(10)4-12-14)9(16)13-5(2)8(11)15/h4-5H,3,10H2,1-2H3,(H2,11,15)(H,13,16). The number of aryl methyl sites for hydroxylation is 1. The molecule has 1 heterocycles. The molecule has 1 atom stereocenters. The molecule has 16 heavy (non-hydrogen) atoms. The summed E-state index contributed by atoms with van der Waals surface area (Å²) in [7, 11) is 0. The van der Waals surface area contributed by atoms with Crippen molar-refractivity contribution < 1.29 is 9.59 Å². The fraction of sp³-hybridized carbons (Fsp3) is 0.444. The van der Waals surface area contributed by atoms with E-state index in [0.29, 0.717) is 6.54 Å². The van der Waals surface area contributed by atoms with Crippen LogP contribution in [0.1, 0.15) is 24.3 Å². The van der Waals surface area contributed by atoms with E-state index >= 15 is 0 Å². The number of nitrogens with zero attached hydrogens (tertiary/aromatic N) is 2. The third-order valence-corrected chi connectivity index (χ3v) is 2.16. The second-order valence-corrected chi connectivity index (χ2v) is 3.36. The van der Waals surface area contributed by atoms with Gasteiger partial charge in [0.1, 0.15) is 11.7 Å². The van der Waals surface area contributed by atoms with E-state index in [1.807, 2.05) is 6.92 Å². The number of aromatic nitrogens is 2. The summed E-state index contributed by atoms with van der Waals surface area (Å²) < 4.78 is 1.46. The molecule has 0 spiro atoms. The highest BCUT2D eigenvalue weighted by Crippen LogP contribution is 2.10. The molecule has 0 saturated heterocycles. The minimum atomic E-state index is -0.743. The lowest BCUT2D eigenvalue weighted by Crippen LogP contribution is -2.43. The fourth-order valence-electron chi connectivity index (χ4n) is 1.22. The van der Waals surface area contributed by atoms with E-state index in [4.69, 9.17) is 11.5 Å². The molecular formula is C9H15N5O2. The molecule has 0 fully saturated rings. The van der Waals surface area contributed by atoms with Gasteiger partial charge in [0.2, 0.25) is 5.91 Å². The van der Waals surface area contributed by atoms with Gasteiger partial charge in [-0.25, -0.2) is 0 Å². The van der Waals surface area contributed by atoms with Crippen molar-refractivity contribution >= 4 is 17.5 Å². The lowest BCUT2D eigenvalue weighted by molar-refractivity contribution is -0.119. The lowest BCUT2D eigenvalue weighted by Gasteiger charge is -2.11. The van der Waals surface area contributed by atoms with Crippen LogP contribution >= 0.6 is 0 Å². The Hall–Kier alpha value is -2.05. The van der Waals surface area contributed by atoms with E-state index in [1.165, 1.54) is 17.8 Å². The molecule has 0 saturated carbocycles. The van der Waals surface area contributed by atoms with Crippen LogP contribution in [0.15, 0.2) is 6.20 Å². The van der Waals surface area contributed by atoms with Crippen molar-refractivity contribution in [2.45, 2.75) is 26.4 Å². The summed E-state index contributed by atoms with van der Waals surface area (Å²) >= 11 is 0. The average Bonchev–Trinajstić information content (AvgIpc) is 2.59. The highest BCUT2D eigenvalue weighted by atomic mass is 16.2. The maximum atomic E-state index is 11.8. The van der Waals surface area contributed by atoms with Crippen LogP contribution in [-0.4, -0.2) is 27.6 Å². The predicted octanol–water partition coefficient (Wildman–Crippen LogP) is -0.911. The zero-order chi connectivity index (χ0) is 12.3. The minimum absolute atomic E-state index is 0.246. The van der Waals surface area contributed by atoms with Gasteiger partial charge in [-0.05, 0) is 13.8 Å². The largest absolute Gasteiger partial charge is 0.396 e. The Morgan fingerprint density at radius 2 is 2.25 bits per heavy atom. The number of hydrogen-bond acceptors (Lipinski definition) is 4. The molecule has 0 bridgehead atoms. The van der Waals surface area contributed by atoms with Gasteiger partial charge in [0.25, 0.3) is 5.91 Å². The summed E-state index contributed by atoms with van der Waals surface area (Å²) in [5.41, 5.74) is 11.2. The Morgan fingerprint density at radius 3 is 2.75 bits per heavy atom. The Morgan fingerprint density at radius 1 is 1.62 bits per heavy atom. The van der Waals surface area contributed by atoms with Crippen LogP contribution in [0.5, 0.6) is 0 Å². The second kappa shape index (κ2) is 4.65. The topological polar surface area (TPSA) is 116 Å². The van der Waals surface area contributed by atoms with E-state index in [9.17, 15) is 9.59 Å². The first kappa shape index (κ1) is 12.0. The Balaban J connectivity index is 2.88. The Bertz CT molecular complexity index is 412. The van der Waals surface area contributed by atoms with Crippen LogP contribution in [0.4, 0.5) is 5.69 Å². The van der Waals surface area contributed by atoms with Crippen molar-refractivity contribution in [2.24, 2.45) is 5.73 Å². The van der Waals surface area contributed by atoms with Gasteiger partial charge in [-0.2, -0.15) is 5.10 Å². The molecule has 0 aliphatic carbocycles. The van der Waals surface area contributed by atoms with Crippen molar-refractivity contribution in [3.8, 4) is 0 Å². The van der Waals surface area contributed by atoms with Gasteiger partial charge in [0, 0.05) is 6.54 Å². The zero-order valence-electron chi connectivity index (χ0n) is 9.23. The molecular weight excluding hydrogens is 210 g/mol. The normalized spacial score (nSPS) is 12.1. The molecule has 88 valence electrons. The van der Waals surface area contributed by atoms with Crippen molar-refractivity contribution in [3.63, 3.8) is 0 Å². The van der Waals surface area contributed by atoms with Crippen molar-refractivity contribution in [1.82, 2.24) is 15.1 Å². The molecule has 7 heteroatoms. The van der Waals surface area contributed by atoms with Gasteiger partial charge in [-0.3, -0.25) is 14.3 Å². The quantitative estimate of drug-likeness (QED) is 0.615. The number of nitrogens with one attached hydrogen (secondary N) is 1. The molecule has 1 aromatic heterocycles. The SMILES string of the molecule is CCn1ncc(N)c1C(=O)NC(C)C(N)=O. The van der Waals surface area contributed by atoms with E-state index < -0.39 is 17.9 Å². The van der Waals surface area contributed by atoms with Gasteiger partial charge in [0.15, 0.2) is 0 Å². The summed E-state index contributed by atoms with van der Waals surface area (Å²) in [4.78, 5) is 22.6. The highest BCUT2D eigenvalue weighted by molar-refractivity contribution is 5.99. The highest BCUT2D eigenvalue weighted by Gasteiger charge is 2.19. The van der Waals surface area contributed by atoms with Gasteiger partial charge >= 0.3 is 0 Å². The molecule has 1 aromatic rings. The van der Waals surface area contributed by atoms with Crippen LogP contribution in [0.2, 0.25) is 0 Å². The number of primary amides is 1. The van der Waals surface area contributed by atoms with Gasteiger partial charge < -0.3 is 16.8 Å². The number of carbonyl (C=O) groups is 2. The number of rotatable bonds is 4. The van der Waals surface area contributed by atoms with Crippen molar-refractivity contribution in [2.75, 3.05) is 5.73 Å². The predicted molar refractivity (Wildman–Crippen MR) is 58.4 cm³/mol. The van der Waals surface area contributed by atoms with Crippen LogP contribution in [0.25, 0.3) is 0 Å². The third kappa shape index (κ3) is 2.30. The molecule has 0 radical (unpaired) electrons. The maximum absolute atomic E-state index is 11.8. The maximum Gasteiger partial charge on any atom is 0.272 e. The molecule has 0 aliphatic heterocycles. The number of anilines is 1. The fourth-order valence-corrected chi connectivity index (χ4v) is 1.22. The first-order chi connectivity index (χ1) is 7.47.